The zero-order chi connectivity index (χ0) is 17.4. The van der Waals surface area contributed by atoms with E-state index in [1.54, 1.807) is 0 Å². The minimum absolute atomic E-state index is 0.0374. The van der Waals surface area contributed by atoms with Gasteiger partial charge in [0.1, 0.15) is 6.04 Å². The highest BCUT2D eigenvalue weighted by Gasteiger charge is 2.39. The molecular formula is C14H13F6N3. The van der Waals surface area contributed by atoms with Crippen LogP contribution >= 0.6 is 0 Å². The van der Waals surface area contributed by atoms with Crippen LogP contribution in [0.5, 0.6) is 0 Å². The fourth-order valence-corrected chi connectivity index (χ4v) is 2.20. The van der Waals surface area contributed by atoms with E-state index in [1.807, 2.05) is 0 Å². The standard InChI is InChI=1S/C14H13F6N3/c1-8-7-11(13(15,16)17)22-23(8)10-5-3-9(4-6-10)12(21-2)14(18,19)20/h3-7,12,21H,1-2H3/t12-/m1/s1. The number of hydrogen-bond acceptors (Lipinski definition) is 2. The van der Waals surface area contributed by atoms with Crippen molar-refractivity contribution in [3.63, 3.8) is 0 Å². The van der Waals surface area contributed by atoms with E-state index in [0.717, 1.165) is 10.7 Å². The Bertz CT molecular complexity index is 669. The minimum atomic E-state index is -4.58. The van der Waals surface area contributed by atoms with Crippen LogP contribution in [0.3, 0.4) is 0 Å². The molecule has 2 rings (SSSR count). The number of nitrogens with one attached hydrogen (secondary N) is 1. The third kappa shape index (κ3) is 3.66. The Morgan fingerprint density at radius 2 is 1.61 bits per heavy atom. The largest absolute Gasteiger partial charge is 0.435 e. The van der Waals surface area contributed by atoms with Crippen molar-refractivity contribution in [3.8, 4) is 5.69 Å². The third-order valence-electron chi connectivity index (χ3n) is 3.26. The molecule has 0 radical (unpaired) electrons. The molecule has 23 heavy (non-hydrogen) atoms. The van der Waals surface area contributed by atoms with Gasteiger partial charge in [0.05, 0.1) is 5.69 Å². The number of aryl methyl sites for hydroxylation is 1. The van der Waals surface area contributed by atoms with Crippen LogP contribution in [0.4, 0.5) is 26.3 Å². The van der Waals surface area contributed by atoms with Crippen molar-refractivity contribution in [2.75, 3.05) is 7.05 Å². The number of hydrogen-bond donors (Lipinski definition) is 1. The highest BCUT2D eigenvalue weighted by atomic mass is 19.4. The SMILES string of the molecule is CN[C@H](c1ccc(-n2nc(C(F)(F)F)cc2C)cc1)C(F)(F)F. The zero-order valence-electron chi connectivity index (χ0n) is 12.1. The zero-order valence-corrected chi connectivity index (χ0v) is 12.1. The summed E-state index contributed by atoms with van der Waals surface area (Å²) in [6, 6.07) is 4.04. The molecule has 126 valence electrons. The van der Waals surface area contributed by atoms with Gasteiger partial charge in [-0.15, -0.1) is 0 Å². The van der Waals surface area contributed by atoms with Crippen molar-refractivity contribution >= 4 is 0 Å². The molecule has 0 bridgehead atoms. The van der Waals surface area contributed by atoms with Crippen LogP contribution in [-0.4, -0.2) is 23.0 Å². The first kappa shape index (κ1) is 17.3. The van der Waals surface area contributed by atoms with Gasteiger partial charge in [-0.05, 0) is 37.7 Å². The molecule has 1 aromatic carbocycles. The van der Waals surface area contributed by atoms with E-state index in [9.17, 15) is 26.3 Å². The van der Waals surface area contributed by atoms with Crippen LogP contribution in [0.1, 0.15) is 23.0 Å². The van der Waals surface area contributed by atoms with Crippen molar-refractivity contribution in [1.82, 2.24) is 15.1 Å². The molecule has 0 saturated heterocycles. The lowest BCUT2D eigenvalue weighted by molar-refractivity contribution is -0.156. The van der Waals surface area contributed by atoms with E-state index in [0.29, 0.717) is 0 Å². The van der Waals surface area contributed by atoms with Gasteiger partial charge in [0.25, 0.3) is 0 Å². The summed E-state index contributed by atoms with van der Waals surface area (Å²) >= 11 is 0. The summed E-state index contributed by atoms with van der Waals surface area (Å²) in [5.41, 5.74) is -0.614. The maximum Gasteiger partial charge on any atom is 0.435 e. The van der Waals surface area contributed by atoms with Gasteiger partial charge >= 0.3 is 12.4 Å². The summed E-state index contributed by atoms with van der Waals surface area (Å²) in [6.07, 6.45) is -9.05. The smallest absolute Gasteiger partial charge is 0.306 e. The first-order chi connectivity index (χ1) is 10.5. The summed E-state index contributed by atoms with van der Waals surface area (Å²) in [7, 11) is 1.18. The van der Waals surface area contributed by atoms with Gasteiger partial charge in [0.15, 0.2) is 5.69 Å². The van der Waals surface area contributed by atoms with Gasteiger partial charge in [-0.1, -0.05) is 12.1 Å². The first-order valence-electron chi connectivity index (χ1n) is 6.52. The van der Waals surface area contributed by atoms with E-state index in [4.69, 9.17) is 0 Å². The van der Waals surface area contributed by atoms with Crippen LogP contribution in [-0.2, 0) is 6.18 Å². The number of nitrogens with zero attached hydrogens (tertiary/aromatic N) is 2. The van der Waals surface area contributed by atoms with Crippen LogP contribution in [0.2, 0.25) is 0 Å². The molecule has 0 aliphatic rings. The van der Waals surface area contributed by atoms with Gasteiger partial charge in [-0.3, -0.25) is 0 Å². The fourth-order valence-electron chi connectivity index (χ4n) is 2.20. The second-order valence-electron chi connectivity index (χ2n) is 4.94. The lowest BCUT2D eigenvalue weighted by Crippen LogP contribution is -2.31. The Morgan fingerprint density at radius 3 is 2.00 bits per heavy atom. The molecule has 9 heteroatoms. The number of rotatable bonds is 3. The van der Waals surface area contributed by atoms with Crippen molar-refractivity contribution in [1.29, 1.82) is 0 Å². The molecule has 0 unspecified atom stereocenters. The summed E-state index contributed by atoms with van der Waals surface area (Å²) in [4.78, 5) is 0. The van der Waals surface area contributed by atoms with E-state index in [-0.39, 0.29) is 16.9 Å². The van der Waals surface area contributed by atoms with Gasteiger partial charge in [0.2, 0.25) is 0 Å². The normalized spacial score (nSPS) is 14.1. The highest BCUT2D eigenvalue weighted by molar-refractivity contribution is 5.37. The Balaban J connectivity index is 2.35. The van der Waals surface area contributed by atoms with Gasteiger partial charge < -0.3 is 5.32 Å². The highest BCUT2D eigenvalue weighted by Crippen LogP contribution is 2.33. The van der Waals surface area contributed by atoms with Crippen LogP contribution in [0.15, 0.2) is 30.3 Å². The summed E-state index contributed by atoms with van der Waals surface area (Å²) in [5, 5.41) is 5.61. The maximum atomic E-state index is 12.8. The molecule has 0 fully saturated rings. The molecule has 1 atom stereocenters. The Kier molecular flexibility index (Phi) is 4.43. The summed E-state index contributed by atoms with van der Waals surface area (Å²) in [6.45, 7) is 1.43. The molecule has 0 amide bonds. The minimum Gasteiger partial charge on any atom is -0.306 e. The molecule has 0 aliphatic heterocycles. The molecule has 0 saturated carbocycles. The number of alkyl halides is 6. The molecule has 1 N–H and O–H groups in total. The number of aromatic nitrogens is 2. The molecule has 3 nitrogen and oxygen atoms in total. The van der Waals surface area contributed by atoms with Gasteiger partial charge in [-0.25, -0.2) is 4.68 Å². The molecule has 0 aliphatic carbocycles. The first-order valence-corrected chi connectivity index (χ1v) is 6.52. The van der Waals surface area contributed by atoms with Crippen molar-refractivity contribution in [2.45, 2.75) is 25.3 Å². The van der Waals surface area contributed by atoms with Gasteiger partial charge in [-0.2, -0.15) is 31.4 Å². The molecule has 0 spiro atoms. The average molecular weight is 337 g/mol. The molecule has 1 heterocycles. The summed E-state index contributed by atoms with van der Waals surface area (Å²) in [5.74, 6) is 0. The van der Waals surface area contributed by atoms with E-state index < -0.39 is 24.1 Å². The predicted molar refractivity (Wildman–Crippen MR) is 71.2 cm³/mol. The quantitative estimate of drug-likeness (QED) is 0.858. The fraction of sp³-hybridized carbons (Fsp3) is 0.357. The van der Waals surface area contributed by atoms with Crippen LogP contribution in [0, 0.1) is 6.92 Å². The maximum absolute atomic E-state index is 12.8. The Labute approximate surface area is 127 Å². The topological polar surface area (TPSA) is 29.9 Å². The van der Waals surface area contributed by atoms with E-state index in [2.05, 4.69) is 10.4 Å². The molecule has 1 aromatic heterocycles. The van der Waals surface area contributed by atoms with Crippen molar-refractivity contribution < 1.29 is 26.3 Å². The van der Waals surface area contributed by atoms with E-state index in [1.165, 1.54) is 38.2 Å². The number of halogens is 6. The van der Waals surface area contributed by atoms with Gasteiger partial charge in [0, 0.05) is 5.69 Å². The monoisotopic (exact) mass is 337 g/mol. The van der Waals surface area contributed by atoms with Crippen LogP contribution < -0.4 is 5.32 Å². The predicted octanol–water partition coefficient (Wildman–Crippen LogP) is 4.02. The second kappa shape index (κ2) is 5.88. The average Bonchev–Trinajstić information content (AvgIpc) is 2.81. The molecule has 2 aromatic rings. The second-order valence-corrected chi connectivity index (χ2v) is 4.94. The van der Waals surface area contributed by atoms with E-state index >= 15 is 0 Å². The lowest BCUT2D eigenvalue weighted by atomic mass is 10.1. The Hall–Kier alpha value is -2.03. The van der Waals surface area contributed by atoms with Crippen LogP contribution in [0.25, 0.3) is 5.69 Å². The Morgan fingerprint density at radius 1 is 1.04 bits per heavy atom. The molecular weight excluding hydrogens is 324 g/mol. The lowest BCUT2D eigenvalue weighted by Gasteiger charge is -2.20. The number of benzene rings is 1. The third-order valence-corrected chi connectivity index (χ3v) is 3.26. The summed E-state index contributed by atoms with van der Waals surface area (Å²) < 4.78 is 77.4. The van der Waals surface area contributed by atoms with Crippen molar-refractivity contribution in [3.05, 3.63) is 47.3 Å². The van der Waals surface area contributed by atoms with Crippen molar-refractivity contribution in [2.24, 2.45) is 0 Å².